The second-order valence-electron chi connectivity index (χ2n) is 4.30. The van der Waals surface area contributed by atoms with Gasteiger partial charge in [-0.25, -0.2) is 4.39 Å². The van der Waals surface area contributed by atoms with Crippen LogP contribution in [0.3, 0.4) is 0 Å². The summed E-state index contributed by atoms with van der Waals surface area (Å²) in [7, 11) is 0. The summed E-state index contributed by atoms with van der Waals surface area (Å²) in [6.07, 6.45) is 2.86. The molecule has 21 heavy (non-hydrogen) atoms. The quantitative estimate of drug-likeness (QED) is 0.777. The van der Waals surface area contributed by atoms with Gasteiger partial charge < -0.3 is 16.2 Å². The van der Waals surface area contributed by atoms with E-state index in [1.54, 1.807) is 0 Å². The molecule has 0 unspecified atom stereocenters. The maximum Gasteiger partial charge on any atom is 0.328 e. The molecule has 7 nitrogen and oxygen atoms in total. The van der Waals surface area contributed by atoms with Crippen LogP contribution in [0.5, 0.6) is 0 Å². The van der Waals surface area contributed by atoms with Crippen molar-refractivity contribution in [2.45, 2.75) is 13.2 Å². The molecule has 0 radical (unpaired) electrons. The predicted octanol–water partition coefficient (Wildman–Crippen LogP) is 0.447. The highest BCUT2D eigenvalue weighted by molar-refractivity contribution is 5.92. The normalized spacial score (nSPS) is 10.3. The summed E-state index contributed by atoms with van der Waals surface area (Å²) in [4.78, 5) is 22.6. The number of hydrogen-bond donors (Lipinski definition) is 2. The van der Waals surface area contributed by atoms with Crippen molar-refractivity contribution in [3.05, 3.63) is 47.5 Å². The largest absolute Gasteiger partial charge is 0.459 e. The summed E-state index contributed by atoms with van der Waals surface area (Å²) >= 11 is 0. The van der Waals surface area contributed by atoms with E-state index in [2.05, 4.69) is 5.10 Å². The SMILES string of the molecule is NC(=O)c1ccc(F)c(COC(=O)Cn2cc(N)cn2)c1. The van der Waals surface area contributed by atoms with Crippen LogP contribution in [-0.2, 0) is 22.7 Å². The first-order valence-corrected chi connectivity index (χ1v) is 5.97. The van der Waals surface area contributed by atoms with Gasteiger partial charge in [-0.2, -0.15) is 5.10 Å². The molecule has 8 heteroatoms. The predicted molar refractivity (Wildman–Crippen MR) is 71.4 cm³/mol. The van der Waals surface area contributed by atoms with Crippen LogP contribution in [-0.4, -0.2) is 21.7 Å². The van der Waals surface area contributed by atoms with Crippen LogP contribution in [0.4, 0.5) is 10.1 Å². The molecule has 110 valence electrons. The lowest BCUT2D eigenvalue weighted by molar-refractivity contribution is -0.145. The zero-order chi connectivity index (χ0) is 15.4. The molecule has 1 heterocycles. The fourth-order valence-electron chi connectivity index (χ4n) is 1.64. The number of hydrogen-bond acceptors (Lipinski definition) is 5. The number of benzene rings is 1. The minimum absolute atomic E-state index is 0.0691. The van der Waals surface area contributed by atoms with E-state index in [0.717, 1.165) is 6.07 Å². The maximum atomic E-state index is 13.5. The monoisotopic (exact) mass is 292 g/mol. The maximum absolute atomic E-state index is 13.5. The van der Waals surface area contributed by atoms with Gasteiger partial charge in [0.05, 0.1) is 11.9 Å². The first kappa shape index (κ1) is 14.5. The first-order valence-electron chi connectivity index (χ1n) is 5.97. The first-order chi connectivity index (χ1) is 9.95. The molecule has 0 fully saturated rings. The number of ether oxygens (including phenoxy) is 1. The molecule has 2 rings (SSSR count). The summed E-state index contributed by atoms with van der Waals surface area (Å²) < 4.78 is 19.8. The summed E-state index contributed by atoms with van der Waals surface area (Å²) in [5, 5.41) is 3.82. The van der Waals surface area contributed by atoms with Crippen molar-refractivity contribution in [1.29, 1.82) is 0 Å². The summed E-state index contributed by atoms with van der Waals surface area (Å²) in [6.45, 7) is -0.448. The van der Waals surface area contributed by atoms with Gasteiger partial charge in [-0.05, 0) is 18.2 Å². The van der Waals surface area contributed by atoms with Crippen LogP contribution in [0.2, 0.25) is 0 Å². The second-order valence-corrected chi connectivity index (χ2v) is 4.30. The van der Waals surface area contributed by atoms with Gasteiger partial charge in [-0.3, -0.25) is 14.3 Å². The van der Waals surface area contributed by atoms with Gasteiger partial charge >= 0.3 is 5.97 Å². The van der Waals surface area contributed by atoms with Gasteiger partial charge in [-0.15, -0.1) is 0 Å². The molecule has 0 saturated carbocycles. The number of primary amides is 1. The van der Waals surface area contributed by atoms with Crippen molar-refractivity contribution < 1.29 is 18.7 Å². The van der Waals surface area contributed by atoms with Gasteiger partial charge in [0.1, 0.15) is 19.0 Å². The number of aromatic nitrogens is 2. The highest BCUT2D eigenvalue weighted by Gasteiger charge is 2.11. The molecule has 2 aromatic rings. The van der Waals surface area contributed by atoms with Crippen LogP contribution in [0.15, 0.2) is 30.6 Å². The topological polar surface area (TPSA) is 113 Å². The van der Waals surface area contributed by atoms with Crippen LogP contribution in [0.25, 0.3) is 0 Å². The fourth-order valence-corrected chi connectivity index (χ4v) is 1.64. The number of nitrogens with two attached hydrogens (primary N) is 2. The Bertz CT molecular complexity index is 684. The fraction of sp³-hybridized carbons (Fsp3) is 0.154. The number of carbonyl (C=O) groups is 2. The Morgan fingerprint density at radius 1 is 1.38 bits per heavy atom. The number of esters is 1. The molecule has 0 saturated heterocycles. The standard InChI is InChI=1S/C13H13FN4O3/c14-11-2-1-8(13(16)20)3-9(11)7-21-12(19)6-18-5-10(15)4-17-18/h1-5H,6-7,15H2,(H2,16,20). The number of anilines is 1. The lowest BCUT2D eigenvalue weighted by Gasteiger charge is -2.07. The van der Waals surface area contributed by atoms with E-state index in [4.69, 9.17) is 16.2 Å². The third kappa shape index (κ3) is 3.78. The minimum Gasteiger partial charge on any atom is -0.459 e. The third-order valence-electron chi connectivity index (χ3n) is 2.66. The van der Waals surface area contributed by atoms with E-state index in [9.17, 15) is 14.0 Å². The highest BCUT2D eigenvalue weighted by atomic mass is 19.1. The summed E-state index contributed by atoms with van der Waals surface area (Å²) in [5.74, 6) is -1.88. The molecule has 0 aliphatic carbocycles. The average molecular weight is 292 g/mol. The molecule has 1 aromatic carbocycles. The second kappa shape index (κ2) is 6.04. The van der Waals surface area contributed by atoms with Crippen molar-refractivity contribution >= 4 is 17.6 Å². The third-order valence-corrected chi connectivity index (χ3v) is 2.66. The van der Waals surface area contributed by atoms with Crippen LogP contribution < -0.4 is 11.5 Å². The van der Waals surface area contributed by atoms with E-state index in [1.165, 1.54) is 29.2 Å². The van der Waals surface area contributed by atoms with Crippen LogP contribution in [0, 0.1) is 5.82 Å². The summed E-state index contributed by atoms with van der Waals surface area (Å²) in [5.41, 5.74) is 11.2. The van der Waals surface area contributed by atoms with E-state index >= 15 is 0 Å². The van der Waals surface area contributed by atoms with Gasteiger partial charge in [0.2, 0.25) is 5.91 Å². The minimum atomic E-state index is -0.686. The Balaban J connectivity index is 1.97. The molecule has 4 N–H and O–H groups in total. The van der Waals surface area contributed by atoms with Crippen molar-refractivity contribution in [3.63, 3.8) is 0 Å². The van der Waals surface area contributed by atoms with Crippen molar-refractivity contribution in [3.8, 4) is 0 Å². The Hall–Kier alpha value is -2.90. The van der Waals surface area contributed by atoms with Crippen LogP contribution >= 0.6 is 0 Å². The Morgan fingerprint density at radius 3 is 2.76 bits per heavy atom. The zero-order valence-electron chi connectivity index (χ0n) is 11.0. The van der Waals surface area contributed by atoms with Gasteiger partial charge in [0, 0.05) is 17.3 Å². The Labute approximate surface area is 119 Å². The van der Waals surface area contributed by atoms with E-state index in [1.807, 2.05) is 0 Å². The van der Waals surface area contributed by atoms with Crippen molar-refractivity contribution in [2.24, 2.45) is 5.73 Å². The van der Waals surface area contributed by atoms with Crippen LogP contribution in [0.1, 0.15) is 15.9 Å². The van der Waals surface area contributed by atoms with Crippen molar-refractivity contribution in [2.75, 3.05) is 5.73 Å². The molecule has 0 aliphatic rings. The number of nitrogens with zero attached hydrogens (tertiary/aromatic N) is 2. The lowest BCUT2D eigenvalue weighted by atomic mass is 10.1. The highest BCUT2D eigenvalue weighted by Crippen LogP contribution is 2.12. The Morgan fingerprint density at radius 2 is 2.14 bits per heavy atom. The molecule has 0 spiro atoms. The zero-order valence-corrected chi connectivity index (χ0v) is 11.0. The molecule has 0 aliphatic heterocycles. The molecule has 1 amide bonds. The number of nitrogen functional groups attached to an aromatic ring is 1. The number of halogens is 1. The van der Waals surface area contributed by atoms with Gasteiger partial charge in [-0.1, -0.05) is 0 Å². The number of rotatable bonds is 5. The molecule has 1 aromatic heterocycles. The van der Waals surface area contributed by atoms with Gasteiger partial charge in [0.15, 0.2) is 0 Å². The van der Waals surface area contributed by atoms with E-state index in [-0.39, 0.29) is 24.3 Å². The Kier molecular flexibility index (Phi) is 4.17. The lowest BCUT2D eigenvalue weighted by Crippen LogP contribution is -2.15. The summed E-state index contributed by atoms with van der Waals surface area (Å²) in [6, 6.07) is 3.60. The van der Waals surface area contributed by atoms with E-state index in [0.29, 0.717) is 5.69 Å². The average Bonchev–Trinajstić information content (AvgIpc) is 2.82. The number of carbonyl (C=O) groups excluding carboxylic acids is 2. The molecular formula is C13H13FN4O3. The molecular weight excluding hydrogens is 279 g/mol. The molecule has 0 atom stereocenters. The van der Waals surface area contributed by atoms with E-state index < -0.39 is 17.7 Å². The smallest absolute Gasteiger partial charge is 0.328 e. The molecule has 0 bridgehead atoms. The van der Waals surface area contributed by atoms with Crippen molar-refractivity contribution in [1.82, 2.24) is 9.78 Å². The van der Waals surface area contributed by atoms with Gasteiger partial charge in [0.25, 0.3) is 0 Å². The number of amides is 1.